The van der Waals surface area contributed by atoms with Crippen LogP contribution in [-0.2, 0) is 10.4 Å². The van der Waals surface area contributed by atoms with E-state index in [1.165, 1.54) is 19.2 Å². The zero-order valence-corrected chi connectivity index (χ0v) is 18.9. The minimum Gasteiger partial charge on any atom is -0.618 e. The molecule has 0 bridgehead atoms. The molecule has 0 aliphatic carbocycles. The number of aryl methyl sites for hydroxylation is 2. The van der Waals surface area contributed by atoms with E-state index in [0.29, 0.717) is 14.9 Å². The summed E-state index contributed by atoms with van der Waals surface area (Å²) in [4.78, 5) is 18.2. The fourth-order valence-electron chi connectivity index (χ4n) is 1.35. The summed E-state index contributed by atoms with van der Waals surface area (Å²) >= 11 is 5.97. The van der Waals surface area contributed by atoms with Crippen molar-refractivity contribution in [2.75, 3.05) is 0 Å². The van der Waals surface area contributed by atoms with E-state index >= 15 is 0 Å². The lowest BCUT2D eigenvalue weighted by Gasteiger charge is -1.99. The van der Waals surface area contributed by atoms with E-state index in [4.69, 9.17) is 32.8 Å². The minimum absolute atomic E-state index is 0.0611. The number of nitrogens with zero attached hydrogens (tertiary/aromatic N) is 4. The third kappa shape index (κ3) is 16.3. The molecular formula is C12H14Br2N4O11S. The van der Waals surface area contributed by atoms with Gasteiger partial charge in [-0.3, -0.25) is 19.2 Å². The van der Waals surface area contributed by atoms with Gasteiger partial charge in [0.05, 0.1) is 16.6 Å². The predicted molar refractivity (Wildman–Crippen MR) is 105 cm³/mol. The average Bonchev–Trinajstić information content (AvgIpc) is 2.53. The Morgan fingerprint density at radius 2 is 1.37 bits per heavy atom. The molecule has 0 aromatic carbocycles. The van der Waals surface area contributed by atoms with Crippen LogP contribution in [0.4, 0.5) is 5.69 Å². The van der Waals surface area contributed by atoms with Gasteiger partial charge < -0.3 is 15.6 Å². The van der Waals surface area contributed by atoms with E-state index in [-0.39, 0.29) is 10.3 Å². The van der Waals surface area contributed by atoms with Crippen LogP contribution in [0.25, 0.3) is 0 Å². The number of nitro groups is 1. The molecule has 18 heteroatoms. The Bertz CT molecular complexity index is 976. The van der Waals surface area contributed by atoms with Gasteiger partial charge in [-0.1, -0.05) is 0 Å². The average molecular weight is 582 g/mol. The third-order valence-electron chi connectivity index (χ3n) is 2.39. The van der Waals surface area contributed by atoms with Gasteiger partial charge in [0.2, 0.25) is 0 Å². The first kappa shape index (κ1) is 29.5. The van der Waals surface area contributed by atoms with Crippen molar-refractivity contribution in [3.05, 3.63) is 81.6 Å². The van der Waals surface area contributed by atoms with Crippen molar-refractivity contribution in [2.45, 2.75) is 13.8 Å². The van der Waals surface area contributed by atoms with Crippen molar-refractivity contribution in [2.24, 2.45) is 0 Å². The van der Waals surface area contributed by atoms with Gasteiger partial charge in [-0.2, -0.15) is 17.9 Å². The summed E-state index contributed by atoms with van der Waals surface area (Å²) in [7, 11) is -4.67. The summed E-state index contributed by atoms with van der Waals surface area (Å²) in [5.41, 5.74) is 1.25. The van der Waals surface area contributed by atoms with E-state index in [0.717, 1.165) is 16.5 Å². The Morgan fingerprint density at radius 3 is 1.70 bits per heavy atom. The molecule has 0 saturated carbocycles. The van der Waals surface area contributed by atoms with E-state index < -0.39 is 20.4 Å². The lowest BCUT2D eigenvalue weighted by atomic mass is 10.3. The van der Waals surface area contributed by atoms with E-state index in [1.807, 2.05) is 13.0 Å². The normalized spacial score (nSPS) is 9.53. The summed E-state index contributed by atoms with van der Waals surface area (Å²) in [6.07, 6.45) is 2.67. The molecule has 0 aliphatic rings. The van der Waals surface area contributed by atoms with E-state index in [9.17, 15) is 20.5 Å². The Morgan fingerprint density at radius 1 is 0.967 bits per heavy atom. The van der Waals surface area contributed by atoms with E-state index in [2.05, 4.69) is 31.9 Å². The van der Waals surface area contributed by atoms with Crippen LogP contribution in [0.3, 0.4) is 0 Å². The zero-order chi connectivity index (χ0) is 24.2. The largest absolute Gasteiger partial charge is 0.618 e. The van der Waals surface area contributed by atoms with Crippen molar-refractivity contribution in [3.63, 3.8) is 0 Å². The summed E-state index contributed by atoms with van der Waals surface area (Å²) < 4.78 is 33.6. The molecule has 0 amide bonds. The van der Waals surface area contributed by atoms with Crippen molar-refractivity contribution < 1.29 is 42.2 Å². The summed E-state index contributed by atoms with van der Waals surface area (Å²) in [5, 5.41) is 45.6. The van der Waals surface area contributed by atoms with Gasteiger partial charge in [-0.15, -0.1) is 10.1 Å². The molecule has 15 nitrogen and oxygen atoms in total. The van der Waals surface area contributed by atoms with Gasteiger partial charge in [0.1, 0.15) is 0 Å². The van der Waals surface area contributed by atoms with Gasteiger partial charge in [0.15, 0.2) is 12.4 Å². The van der Waals surface area contributed by atoms with Gasteiger partial charge in [0.25, 0.3) is 20.0 Å². The highest BCUT2D eigenvalue weighted by atomic mass is 79.9. The second-order valence-corrected chi connectivity index (χ2v) is 7.31. The highest BCUT2D eigenvalue weighted by Crippen LogP contribution is 2.18. The number of hydrogen-bond donors (Lipinski definition) is 3. The molecule has 0 radical (unpaired) electrons. The Labute approximate surface area is 185 Å². The number of hydrogen-bond acceptors (Lipinski definition) is 8. The number of pyridine rings is 2. The molecule has 2 aromatic heterocycles. The first-order valence-corrected chi connectivity index (χ1v) is 9.86. The third-order valence-corrected chi connectivity index (χ3v) is 3.59. The van der Waals surface area contributed by atoms with Crippen LogP contribution in [-0.4, -0.2) is 32.7 Å². The van der Waals surface area contributed by atoms with Crippen molar-refractivity contribution in [1.82, 2.24) is 0 Å². The quantitative estimate of drug-likeness (QED) is 0.109. The first-order chi connectivity index (χ1) is 13.5. The predicted octanol–water partition coefficient (Wildman–Crippen LogP) is 1.69. The van der Waals surface area contributed by atoms with Crippen LogP contribution in [0.15, 0.2) is 39.8 Å². The Kier molecular flexibility index (Phi) is 13.3. The molecule has 2 rings (SSSR count). The molecular weight excluding hydrogens is 568 g/mol. The molecule has 0 spiro atoms. The topological polar surface area (TPSA) is 235 Å². The van der Waals surface area contributed by atoms with Crippen LogP contribution in [0, 0.1) is 44.5 Å². The van der Waals surface area contributed by atoms with Crippen molar-refractivity contribution in [1.29, 1.82) is 0 Å². The van der Waals surface area contributed by atoms with Crippen LogP contribution in [0.2, 0.25) is 0 Å². The van der Waals surface area contributed by atoms with Gasteiger partial charge in [0, 0.05) is 43.5 Å². The molecule has 0 aliphatic heterocycles. The van der Waals surface area contributed by atoms with Gasteiger partial charge in [-0.25, -0.2) is 0 Å². The lowest BCUT2D eigenvalue weighted by molar-refractivity contribution is -0.742. The van der Waals surface area contributed by atoms with Crippen LogP contribution < -0.4 is 9.46 Å². The molecule has 0 saturated heterocycles. The smallest absolute Gasteiger partial charge is 0.394 e. The van der Waals surface area contributed by atoms with Crippen LogP contribution >= 0.6 is 31.9 Å². The molecule has 0 unspecified atom stereocenters. The minimum atomic E-state index is -4.67. The molecule has 168 valence electrons. The Balaban J connectivity index is 0. The standard InChI is InChI=1S/C6H5BrN2O3.C6H6BrNO.HNO3.H2O4S/c1-4-3-8(10)6(7)2-5(4)9(11)12;1-5-2-3-6(7)8(9)4-5;2-1(3)4;1-5(2,3)4/h2-3H,1H3;2-4H,1H3;(H,2,3,4);(H2,1,2,3,4). The maximum atomic E-state index is 10.9. The van der Waals surface area contributed by atoms with E-state index in [1.54, 1.807) is 6.07 Å². The SMILES string of the molecule is Cc1c[n+]([O-])c(Br)cc1[N+](=O)[O-].Cc1ccc(Br)[n+]([O-])c1.O=S(=O)(O)O.O=[N+]([O-])O. The second kappa shape index (κ2) is 13.5. The van der Waals surface area contributed by atoms with Gasteiger partial charge in [-0.05, 0) is 19.9 Å². The number of aromatic nitrogens is 2. The second-order valence-electron chi connectivity index (χ2n) is 4.79. The van der Waals surface area contributed by atoms with Crippen LogP contribution in [0.1, 0.15) is 11.1 Å². The van der Waals surface area contributed by atoms with Crippen molar-refractivity contribution >= 4 is 47.9 Å². The molecule has 2 heterocycles. The summed E-state index contributed by atoms with van der Waals surface area (Å²) in [6, 6.07) is 4.78. The highest BCUT2D eigenvalue weighted by molar-refractivity contribution is 9.10. The highest BCUT2D eigenvalue weighted by Gasteiger charge is 2.16. The lowest BCUT2D eigenvalue weighted by Crippen LogP contribution is -2.27. The summed E-state index contributed by atoms with van der Waals surface area (Å²) in [6.45, 7) is 3.39. The monoisotopic (exact) mass is 580 g/mol. The number of rotatable bonds is 1. The van der Waals surface area contributed by atoms with Crippen LogP contribution in [0.5, 0.6) is 0 Å². The molecule has 0 fully saturated rings. The Hall–Kier alpha value is -2.67. The van der Waals surface area contributed by atoms with Crippen molar-refractivity contribution in [3.8, 4) is 0 Å². The fraction of sp³-hybridized carbons (Fsp3) is 0.167. The molecule has 0 atom stereocenters. The molecule has 3 N–H and O–H groups in total. The van der Waals surface area contributed by atoms with Gasteiger partial charge >= 0.3 is 10.4 Å². The molecule has 30 heavy (non-hydrogen) atoms. The fourth-order valence-corrected chi connectivity index (χ4v) is 1.91. The maximum absolute atomic E-state index is 10.9. The zero-order valence-electron chi connectivity index (χ0n) is 14.9. The first-order valence-electron chi connectivity index (χ1n) is 6.87. The molecule has 2 aromatic rings. The maximum Gasteiger partial charge on any atom is 0.394 e. The summed E-state index contributed by atoms with van der Waals surface area (Å²) in [5.74, 6) is 0. The number of halogens is 2.